The van der Waals surface area contributed by atoms with E-state index in [0.717, 1.165) is 0 Å². The second-order valence-corrected chi connectivity index (χ2v) is 8.74. The second kappa shape index (κ2) is 14.1. The third-order valence-corrected chi connectivity index (χ3v) is 5.64. The third kappa shape index (κ3) is 9.73. The first-order valence-corrected chi connectivity index (χ1v) is 11.6. The van der Waals surface area contributed by atoms with Gasteiger partial charge in [0.25, 0.3) is 0 Å². The summed E-state index contributed by atoms with van der Waals surface area (Å²) in [5, 5.41) is 19.7. The number of hydrogen-bond donors (Lipinski definition) is 6. The molecule has 1 aromatic rings. The van der Waals surface area contributed by atoms with E-state index >= 15 is 0 Å². The summed E-state index contributed by atoms with van der Waals surface area (Å²) in [7, 11) is 0. The molecule has 0 unspecified atom stereocenters. The number of hydrogen-bond acceptors (Lipinski definition) is 7. The van der Waals surface area contributed by atoms with Crippen LogP contribution >= 0.6 is 0 Å². The van der Waals surface area contributed by atoms with Gasteiger partial charge in [-0.2, -0.15) is 0 Å². The third-order valence-electron chi connectivity index (χ3n) is 5.64. The van der Waals surface area contributed by atoms with Gasteiger partial charge in [-0.05, 0) is 44.4 Å². The molecule has 0 aromatic heterocycles. The zero-order valence-corrected chi connectivity index (χ0v) is 20.8. The van der Waals surface area contributed by atoms with Gasteiger partial charge < -0.3 is 36.9 Å². The molecule has 194 valence electrons. The van der Waals surface area contributed by atoms with Gasteiger partial charge in [-0.1, -0.05) is 32.4 Å². The summed E-state index contributed by atoms with van der Waals surface area (Å²) < 4.78 is 0. The van der Waals surface area contributed by atoms with Gasteiger partial charge in [0.1, 0.15) is 30.2 Å². The highest BCUT2D eigenvalue weighted by molar-refractivity contribution is 5.94. The van der Waals surface area contributed by atoms with Crippen molar-refractivity contribution in [1.29, 1.82) is 0 Å². The van der Waals surface area contributed by atoms with Gasteiger partial charge >= 0.3 is 0 Å². The van der Waals surface area contributed by atoms with Crippen LogP contribution in [0.4, 0.5) is 0 Å². The molecular formula is C24H37N5O6. The Bertz CT molecular complexity index is 889. The summed E-state index contributed by atoms with van der Waals surface area (Å²) in [6.45, 7) is 8.12. The van der Waals surface area contributed by atoms with Crippen molar-refractivity contribution in [2.24, 2.45) is 11.7 Å². The highest BCUT2D eigenvalue weighted by atomic mass is 16.3. The van der Waals surface area contributed by atoms with Crippen molar-refractivity contribution in [2.45, 2.75) is 77.7 Å². The molecule has 0 radical (unpaired) electrons. The number of nitrogens with one attached hydrogen (secondary N) is 4. The molecule has 0 spiro atoms. The van der Waals surface area contributed by atoms with Gasteiger partial charge in [-0.15, -0.1) is 0 Å². The summed E-state index contributed by atoms with van der Waals surface area (Å²) in [4.78, 5) is 61.2. The molecule has 0 aliphatic rings. The summed E-state index contributed by atoms with van der Waals surface area (Å²) >= 11 is 0. The monoisotopic (exact) mass is 491 g/mol. The van der Waals surface area contributed by atoms with E-state index in [0.29, 0.717) is 18.3 Å². The van der Waals surface area contributed by atoms with E-state index in [1.165, 1.54) is 32.9 Å². The van der Waals surface area contributed by atoms with Crippen LogP contribution in [0.2, 0.25) is 0 Å². The molecule has 0 saturated carbocycles. The first-order valence-electron chi connectivity index (χ1n) is 11.6. The van der Waals surface area contributed by atoms with Crippen molar-refractivity contribution < 1.29 is 29.1 Å². The number of aldehydes is 1. The summed E-state index contributed by atoms with van der Waals surface area (Å²) in [5.41, 5.74) is 6.27. The van der Waals surface area contributed by atoms with Crippen molar-refractivity contribution in [3.05, 3.63) is 29.8 Å². The van der Waals surface area contributed by atoms with Crippen molar-refractivity contribution in [3.63, 3.8) is 0 Å². The Morgan fingerprint density at radius 3 is 1.86 bits per heavy atom. The predicted octanol–water partition coefficient (Wildman–Crippen LogP) is -0.494. The molecule has 0 heterocycles. The zero-order chi connectivity index (χ0) is 26.7. The van der Waals surface area contributed by atoms with E-state index in [2.05, 4.69) is 21.3 Å². The number of phenols is 1. The molecule has 0 aliphatic heterocycles. The van der Waals surface area contributed by atoms with Crippen molar-refractivity contribution >= 4 is 29.9 Å². The zero-order valence-electron chi connectivity index (χ0n) is 20.8. The van der Waals surface area contributed by atoms with Gasteiger partial charge in [0.2, 0.25) is 23.6 Å². The summed E-state index contributed by atoms with van der Waals surface area (Å²) in [5.74, 6) is -2.31. The minimum atomic E-state index is -1.03. The van der Waals surface area contributed by atoms with Gasteiger partial charge in [-0.3, -0.25) is 19.2 Å². The Kier molecular flexibility index (Phi) is 11.9. The van der Waals surface area contributed by atoms with Crippen LogP contribution in [0.5, 0.6) is 5.75 Å². The standard InChI is InChI=1S/C24H37N5O6/c1-6-13(2)20(12-30)29-23(34)16(5)26-22(33)15(4)27-24(35)19(28-21(32)14(3)25)11-17-7-9-18(31)10-8-17/h7-10,12-16,19-20,31H,6,11,25H2,1-5H3,(H,26,33)(H,27,35)(H,28,32)(H,29,34)/t13-,14-,15-,16-,19-,20+/m0/s1. The number of aromatic hydroxyl groups is 1. The fourth-order valence-electron chi connectivity index (χ4n) is 3.02. The lowest BCUT2D eigenvalue weighted by atomic mass is 10.0. The molecule has 11 nitrogen and oxygen atoms in total. The minimum Gasteiger partial charge on any atom is -0.508 e. The second-order valence-electron chi connectivity index (χ2n) is 8.74. The van der Waals surface area contributed by atoms with Crippen LogP contribution in [-0.4, -0.2) is 65.2 Å². The molecule has 6 atom stereocenters. The molecule has 0 saturated heterocycles. The highest BCUT2D eigenvalue weighted by Crippen LogP contribution is 2.12. The number of benzene rings is 1. The van der Waals surface area contributed by atoms with Crippen LogP contribution in [-0.2, 0) is 30.4 Å². The first-order chi connectivity index (χ1) is 16.4. The van der Waals surface area contributed by atoms with Gasteiger partial charge in [0.05, 0.1) is 12.1 Å². The maximum absolute atomic E-state index is 12.9. The van der Waals surface area contributed by atoms with Gasteiger partial charge in [0.15, 0.2) is 0 Å². The molecular weight excluding hydrogens is 454 g/mol. The lowest BCUT2D eigenvalue weighted by Crippen LogP contribution is -2.57. The number of amides is 4. The van der Waals surface area contributed by atoms with E-state index in [-0.39, 0.29) is 18.1 Å². The van der Waals surface area contributed by atoms with Crippen LogP contribution in [0.25, 0.3) is 0 Å². The van der Waals surface area contributed by atoms with Crippen LogP contribution in [0.1, 0.15) is 46.6 Å². The minimum absolute atomic E-state index is 0.0569. The molecule has 0 aliphatic carbocycles. The van der Waals surface area contributed by atoms with E-state index in [1.807, 2.05) is 13.8 Å². The number of phenolic OH excluding ortho intramolecular Hbond substituents is 1. The van der Waals surface area contributed by atoms with E-state index in [4.69, 9.17) is 5.73 Å². The lowest BCUT2D eigenvalue weighted by Gasteiger charge is -2.24. The van der Waals surface area contributed by atoms with Gasteiger partial charge in [0, 0.05) is 6.42 Å². The molecule has 0 bridgehead atoms. The fourth-order valence-corrected chi connectivity index (χ4v) is 3.02. The SMILES string of the molecule is CC[C@H](C)[C@@H](C=O)NC(=O)[C@H](C)NC(=O)[C@H](C)NC(=O)[C@H](Cc1ccc(O)cc1)NC(=O)[C@H](C)N. The van der Waals surface area contributed by atoms with Crippen LogP contribution in [0, 0.1) is 5.92 Å². The van der Waals surface area contributed by atoms with E-state index < -0.39 is 53.8 Å². The topological polar surface area (TPSA) is 180 Å². The van der Waals surface area contributed by atoms with Crippen LogP contribution in [0.15, 0.2) is 24.3 Å². The Morgan fingerprint density at radius 1 is 0.857 bits per heavy atom. The Morgan fingerprint density at radius 2 is 1.37 bits per heavy atom. The largest absolute Gasteiger partial charge is 0.508 e. The molecule has 4 amide bonds. The number of nitrogens with two attached hydrogens (primary N) is 1. The Labute approximate surface area is 205 Å². The average molecular weight is 492 g/mol. The summed E-state index contributed by atoms with van der Waals surface area (Å²) in [6, 6.07) is 1.61. The van der Waals surface area contributed by atoms with Crippen molar-refractivity contribution in [1.82, 2.24) is 21.3 Å². The maximum Gasteiger partial charge on any atom is 0.243 e. The first kappa shape index (κ1) is 29.6. The normalized spacial score (nSPS) is 15.9. The predicted molar refractivity (Wildman–Crippen MR) is 130 cm³/mol. The van der Waals surface area contributed by atoms with Crippen molar-refractivity contribution in [3.8, 4) is 5.75 Å². The smallest absolute Gasteiger partial charge is 0.243 e. The number of carbonyl (C=O) groups is 5. The average Bonchev–Trinajstić information content (AvgIpc) is 2.82. The van der Waals surface area contributed by atoms with Gasteiger partial charge in [-0.25, -0.2) is 0 Å². The number of carbonyl (C=O) groups excluding carboxylic acids is 5. The molecule has 1 rings (SSSR count). The van der Waals surface area contributed by atoms with Crippen molar-refractivity contribution in [2.75, 3.05) is 0 Å². The molecule has 11 heteroatoms. The molecule has 35 heavy (non-hydrogen) atoms. The molecule has 1 aromatic carbocycles. The fraction of sp³-hybridized carbons (Fsp3) is 0.542. The number of rotatable bonds is 13. The maximum atomic E-state index is 12.9. The highest BCUT2D eigenvalue weighted by Gasteiger charge is 2.28. The van der Waals surface area contributed by atoms with E-state index in [9.17, 15) is 29.1 Å². The van der Waals surface area contributed by atoms with Crippen LogP contribution < -0.4 is 27.0 Å². The lowest BCUT2D eigenvalue weighted by molar-refractivity contribution is -0.133. The Balaban J connectivity index is 2.80. The summed E-state index contributed by atoms with van der Waals surface area (Å²) in [6.07, 6.45) is 1.45. The van der Waals surface area contributed by atoms with Crippen LogP contribution in [0.3, 0.4) is 0 Å². The molecule has 7 N–H and O–H groups in total. The Hall–Kier alpha value is -3.47. The molecule has 0 fully saturated rings. The quantitative estimate of drug-likeness (QED) is 0.201. The van der Waals surface area contributed by atoms with E-state index in [1.54, 1.807) is 12.1 Å².